The predicted octanol–water partition coefficient (Wildman–Crippen LogP) is 2.69. The third-order valence-electron chi connectivity index (χ3n) is 2.18. The zero-order valence-electron chi connectivity index (χ0n) is 11.0. The van der Waals surface area contributed by atoms with E-state index in [0.717, 1.165) is 0 Å². The molecule has 1 N–H and O–H groups in total. The van der Waals surface area contributed by atoms with Crippen molar-refractivity contribution in [2.75, 3.05) is 19.8 Å². The van der Waals surface area contributed by atoms with Gasteiger partial charge in [0.25, 0.3) is 0 Å². The van der Waals surface area contributed by atoms with Crippen molar-refractivity contribution in [2.45, 2.75) is 20.8 Å². The fourth-order valence-electron chi connectivity index (χ4n) is 1.56. The molecule has 0 saturated heterocycles. The van der Waals surface area contributed by atoms with Gasteiger partial charge in [0.05, 0.1) is 31.6 Å². The summed E-state index contributed by atoms with van der Waals surface area (Å²) in [5, 5.41) is 11.7. The molecule has 0 heterocycles. The summed E-state index contributed by atoms with van der Waals surface area (Å²) in [6.07, 6.45) is 1.30. The molecular formula is C13H19NO4. The zero-order chi connectivity index (χ0) is 13.4. The van der Waals surface area contributed by atoms with E-state index in [1.165, 1.54) is 6.21 Å². The minimum absolute atomic E-state index is 0.507. The standard InChI is InChI=1S/C13H19NO4/c1-4-16-10-7-12(17-5-2)11(9-14-15)13(8-10)18-6-3/h7-9,15H,4-6H2,1-3H3/b14-9-. The number of hydrogen-bond donors (Lipinski definition) is 1. The van der Waals surface area contributed by atoms with Crippen molar-refractivity contribution < 1.29 is 19.4 Å². The van der Waals surface area contributed by atoms with Gasteiger partial charge in [-0.15, -0.1) is 0 Å². The average Bonchev–Trinajstić information content (AvgIpc) is 2.34. The normalized spacial score (nSPS) is 10.6. The van der Waals surface area contributed by atoms with Crippen LogP contribution in [0.4, 0.5) is 0 Å². The minimum Gasteiger partial charge on any atom is -0.494 e. The van der Waals surface area contributed by atoms with Crippen LogP contribution in [-0.4, -0.2) is 31.2 Å². The van der Waals surface area contributed by atoms with Crippen molar-refractivity contribution in [1.29, 1.82) is 0 Å². The van der Waals surface area contributed by atoms with Crippen LogP contribution in [0, 0.1) is 0 Å². The van der Waals surface area contributed by atoms with Crippen LogP contribution in [-0.2, 0) is 0 Å². The zero-order valence-corrected chi connectivity index (χ0v) is 11.0. The lowest BCUT2D eigenvalue weighted by atomic mass is 10.1. The highest BCUT2D eigenvalue weighted by molar-refractivity contribution is 5.87. The van der Waals surface area contributed by atoms with E-state index in [1.807, 2.05) is 20.8 Å². The number of oxime groups is 1. The highest BCUT2D eigenvalue weighted by Gasteiger charge is 2.12. The van der Waals surface area contributed by atoms with Gasteiger partial charge >= 0.3 is 0 Å². The summed E-state index contributed by atoms with van der Waals surface area (Å²) in [7, 11) is 0. The van der Waals surface area contributed by atoms with Gasteiger partial charge in [-0.25, -0.2) is 0 Å². The molecule has 0 spiro atoms. The molecule has 0 aliphatic heterocycles. The number of ether oxygens (including phenoxy) is 3. The van der Waals surface area contributed by atoms with Crippen LogP contribution in [0.3, 0.4) is 0 Å². The number of hydrogen-bond acceptors (Lipinski definition) is 5. The molecule has 1 rings (SSSR count). The van der Waals surface area contributed by atoms with E-state index in [0.29, 0.717) is 42.6 Å². The Morgan fingerprint density at radius 3 is 1.89 bits per heavy atom. The molecule has 0 atom stereocenters. The summed E-state index contributed by atoms with van der Waals surface area (Å²) in [5.74, 6) is 1.81. The lowest BCUT2D eigenvalue weighted by molar-refractivity contribution is 0.304. The maximum Gasteiger partial charge on any atom is 0.135 e. The van der Waals surface area contributed by atoms with Crippen molar-refractivity contribution in [3.05, 3.63) is 17.7 Å². The molecule has 0 amide bonds. The fraction of sp³-hybridized carbons (Fsp3) is 0.462. The van der Waals surface area contributed by atoms with Gasteiger partial charge in [0, 0.05) is 12.1 Å². The maximum atomic E-state index is 8.70. The van der Waals surface area contributed by atoms with Gasteiger partial charge in [0.1, 0.15) is 17.2 Å². The van der Waals surface area contributed by atoms with Crippen LogP contribution in [0.5, 0.6) is 17.2 Å². The molecular weight excluding hydrogens is 234 g/mol. The summed E-state index contributed by atoms with van der Waals surface area (Å²) in [4.78, 5) is 0. The van der Waals surface area contributed by atoms with Crippen LogP contribution in [0.1, 0.15) is 26.3 Å². The quantitative estimate of drug-likeness (QED) is 0.461. The number of nitrogens with zero attached hydrogens (tertiary/aromatic N) is 1. The molecule has 5 heteroatoms. The second kappa shape index (κ2) is 7.42. The third kappa shape index (κ3) is 3.55. The Kier molecular flexibility index (Phi) is 5.84. The summed E-state index contributed by atoms with van der Waals surface area (Å²) in [5.41, 5.74) is 0.602. The van der Waals surface area contributed by atoms with E-state index in [9.17, 15) is 0 Å². The van der Waals surface area contributed by atoms with E-state index in [4.69, 9.17) is 19.4 Å². The largest absolute Gasteiger partial charge is 0.494 e. The molecule has 5 nitrogen and oxygen atoms in total. The molecule has 0 fully saturated rings. The topological polar surface area (TPSA) is 60.3 Å². The van der Waals surface area contributed by atoms with Gasteiger partial charge < -0.3 is 19.4 Å². The smallest absolute Gasteiger partial charge is 0.135 e. The monoisotopic (exact) mass is 253 g/mol. The van der Waals surface area contributed by atoms with Crippen molar-refractivity contribution in [2.24, 2.45) is 5.16 Å². The molecule has 18 heavy (non-hydrogen) atoms. The molecule has 0 saturated carbocycles. The van der Waals surface area contributed by atoms with Crippen molar-refractivity contribution in [1.82, 2.24) is 0 Å². The van der Waals surface area contributed by atoms with Gasteiger partial charge in [-0.1, -0.05) is 5.16 Å². The molecule has 1 aromatic rings. The minimum atomic E-state index is 0.507. The Labute approximate surface area is 107 Å². The Bertz CT molecular complexity index is 377. The van der Waals surface area contributed by atoms with E-state index < -0.39 is 0 Å². The molecule has 0 radical (unpaired) electrons. The Morgan fingerprint density at radius 1 is 1.00 bits per heavy atom. The van der Waals surface area contributed by atoms with E-state index >= 15 is 0 Å². The van der Waals surface area contributed by atoms with Crippen LogP contribution >= 0.6 is 0 Å². The lowest BCUT2D eigenvalue weighted by Crippen LogP contribution is -2.03. The Balaban J connectivity index is 3.24. The molecule has 0 aromatic heterocycles. The lowest BCUT2D eigenvalue weighted by Gasteiger charge is -2.14. The highest BCUT2D eigenvalue weighted by Crippen LogP contribution is 2.33. The predicted molar refractivity (Wildman–Crippen MR) is 69.3 cm³/mol. The van der Waals surface area contributed by atoms with Crippen LogP contribution in [0.25, 0.3) is 0 Å². The average molecular weight is 253 g/mol. The Morgan fingerprint density at radius 2 is 1.50 bits per heavy atom. The van der Waals surface area contributed by atoms with Crippen LogP contribution in [0.15, 0.2) is 17.3 Å². The number of benzene rings is 1. The first-order valence-corrected chi connectivity index (χ1v) is 6.00. The van der Waals surface area contributed by atoms with Crippen molar-refractivity contribution in [3.8, 4) is 17.2 Å². The maximum absolute atomic E-state index is 8.70. The van der Waals surface area contributed by atoms with Gasteiger partial charge in [-0.2, -0.15) is 0 Å². The van der Waals surface area contributed by atoms with Crippen molar-refractivity contribution >= 4 is 6.21 Å². The van der Waals surface area contributed by atoms with E-state index in [2.05, 4.69) is 5.16 Å². The van der Waals surface area contributed by atoms with Crippen LogP contribution < -0.4 is 14.2 Å². The van der Waals surface area contributed by atoms with Crippen molar-refractivity contribution in [3.63, 3.8) is 0 Å². The van der Waals surface area contributed by atoms with Crippen LogP contribution in [0.2, 0.25) is 0 Å². The molecule has 0 aliphatic rings. The molecule has 0 aliphatic carbocycles. The molecule has 1 aromatic carbocycles. The van der Waals surface area contributed by atoms with Gasteiger partial charge in [0.2, 0.25) is 0 Å². The van der Waals surface area contributed by atoms with Gasteiger partial charge in [-0.3, -0.25) is 0 Å². The fourth-order valence-corrected chi connectivity index (χ4v) is 1.56. The molecule has 100 valence electrons. The second-order valence-electron chi connectivity index (χ2n) is 3.38. The second-order valence-corrected chi connectivity index (χ2v) is 3.38. The molecule has 0 bridgehead atoms. The molecule has 0 unspecified atom stereocenters. The first kappa shape index (κ1) is 14.2. The summed E-state index contributed by atoms with van der Waals surface area (Å²) in [6.45, 7) is 7.25. The first-order valence-electron chi connectivity index (χ1n) is 6.00. The van der Waals surface area contributed by atoms with Gasteiger partial charge in [-0.05, 0) is 20.8 Å². The summed E-state index contributed by atoms with van der Waals surface area (Å²) < 4.78 is 16.4. The van der Waals surface area contributed by atoms with E-state index in [-0.39, 0.29) is 0 Å². The van der Waals surface area contributed by atoms with Gasteiger partial charge in [0.15, 0.2) is 0 Å². The van der Waals surface area contributed by atoms with E-state index in [1.54, 1.807) is 12.1 Å². The number of rotatable bonds is 7. The SMILES string of the molecule is CCOc1cc(OCC)c(/C=N\O)c(OCC)c1. The first-order chi connectivity index (χ1) is 8.76. The summed E-state index contributed by atoms with van der Waals surface area (Å²) in [6, 6.07) is 3.51. The summed E-state index contributed by atoms with van der Waals surface area (Å²) >= 11 is 0. The third-order valence-corrected chi connectivity index (χ3v) is 2.18. The Hall–Kier alpha value is -1.91. The highest BCUT2D eigenvalue weighted by atomic mass is 16.5.